The maximum absolute atomic E-state index is 13.3. The number of piperidine rings is 3. The maximum Gasteiger partial charge on any atom is 0.319 e. The Morgan fingerprint density at radius 1 is 1.16 bits per heavy atom. The number of amides is 2. The highest BCUT2D eigenvalue weighted by molar-refractivity contribution is 5.89. The molecule has 0 radical (unpaired) electrons. The number of aryl methyl sites for hydroxylation is 1. The predicted molar refractivity (Wildman–Crippen MR) is 123 cm³/mol. The van der Waals surface area contributed by atoms with Crippen LogP contribution in [0.3, 0.4) is 0 Å². The van der Waals surface area contributed by atoms with Crippen molar-refractivity contribution in [2.75, 3.05) is 25.0 Å². The molecule has 6 rings (SSSR count). The van der Waals surface area contributed by atoms with Crippen molar-refractivity contribution < 1.29 is 9.18 Å². The molecule has 32 heavy (non-hydrogen) atoms. The van der Waals surface area contributed by atoms with Crippen LogP contribution in [0.1, 0.15) is 24.5 Å². The summed E-state index contributed by atoms with van der Waals surface area (Å²) in [6, 6.07) is 18.4. The number of carbonyl (C=O) groups excluding carboxylic acids is 1. The lowest BCUT2D eigenvalue weighted by atomic mass is 9.74. The molecule has 0 saturated carbocycles. The summed E-state index contributed by atoms with van der Waals surface area (Å²) in [7, 11) is 1.99. The molecule has 1 aromatic heterocycles. The Balaban J connectivity index is 1.22. The van der Waals surface area contributed by atoms with Crippen LogP contribution in [-0.2, 0) is 7.05 Å². The number of nitrogens with zero attached hydrogens (tertiary/aromatic N) is 3. The Morgan fingerprint density at radius 3 is 2.66 bits per heavy atom. The molecule has 2 amide bonds. The molecule has 166 valence electrons. The zero-order valence-electron chi connectivity index (χ0n) is 18.2. The topological polar surface area (TPSA) is 62.2 Å². The normalized spacial score (nSPS) is 24.3. The van der Waals surface area contributed by atoms with Crippen LogP contribution in [0.5, 0.6) is 0 Å². The molecule has 0 spiro atoms. The highest BCUT2D eigenvalue weighted by atomic mass is 19.1. The molecule has 3 saturated heterocycles. The molecule has 4 atom stereocenters. The van der Waals surface area contributed by atoms with Crippen LogP contribution < -0.4 is 10.6 Å². The molecule has 3 aliphatic heterocycles. The van der Waals surface area contributed by atoms with Crippen LogP contribution in [0.2, 0.25) is 0 Å². The van der Waals surface area contributed by atoms with Crippen LogP contribution in [0, 0.1) is 11.7 Å². The van der Waals surface area contributed by atoms with Gasteiger partial charge < -0.3 is 10.6 Å². The molecule has 2 aromatic carbocycles. The molecule has 3 aliphatic rings. The molecular weight excluding hydrogens is 405 g/mol. The average molecular weight is 434 g/mol. The quantitative estimate of drug-likeness (QED) is 0.633. The van der Waals surface area contributed by atoms with E-state index in [4.69, 9.17) is 5.10 Å². The fraction of sp³-hybridized carbons (Fsp3) is 0.360. The van der Waals surface area contributed by atoms with Crippen molar-refractivity contribution in [3.05, 3.63) is 72.2 Å². The Kier molecular flexibility index (Phi) is 5.66. The zero-order valence-corrected chi connectivity index (χ0v) is 18.2. The molecule has 0 aliphatic carbocycles. The van der Waals surface area contributed by atoms with Gasteiger partial charge in [0.2, 0.25) is 0 Å². The Hall–Kier alpha value is -3.19. The second-order valence-electron chi connectivity index (χ2n) is 8.83. The van der Waals surface area contributed by atoms with Crippen molar-refractivity contribution in [3.8, 4) is 11.3 Å². The van der Waals surface area contributed by atoms with Crippen LogP contribution >= 0.6 is 0 Å². The van der Waals surface area contributed by atoms with Crippen molar-refractivity contribution in [2.24, 2.45) is 13.0 Å². The van der Waals surface area contributed by atoms with Crippen LogP contribution in [-0.4, -0.2) is 46.4 Å². The first-order valence-corrected chi connectivity index (χ1v) is 11.2. The van der Waals surface area contributed by atoms with Gasteiger partial charge in [0.25, 0.3) is 0 Å². The van der Waals surface area contributed by atoms with E-state index in [1.54, 1.807) is 12.1 Å². The van der Waals surface area contributed by atoms with Gasteiger partial charge in [-0.25, -0.2) is 9.18 Å². The number of benzene rings is 2. The van der Waals surface area contributed by atoms with E-state index in [0.29, 0.717) is 24.4 Å². The molecule has 7 heteroatoms. The maximum atomic E-state index is 13.3. The number of urea groups is 1. The molecule has 3 aromatic rings. The summed E-state index contributed by atoms with van der Waals surface area (Å²) < 4.78 is 15.3. The summed E-state index contributed by atoms with van der Waals surface area (Å²) in [5.41, 5.74) is 3.84. The first-order valence-electron chi connectivity index (χ1n) is 11.2. The molecule has 2 N–H and O–H groups in total. The number of para-hydroxylation sites is 1. The minimum absolute atomic E-state index is 0.161. The first kappa shape index (κ1) is 20.7. The third kappa shape index (κ3) is 4.25. The van der Waals surface area contributed by atoms with Gasteiger partial charge in [0, 0.05) is 49.0 Å². The number of halogens is 1. The van der Waals surface area contributed by atoms with Crippen molar-refractivity contribution in [1.82, 2.24) is 20.0 Å². The molecule has 4 heterocycles. The number of rotatable bonds is 5. The summed E-state index contributed by atoms with van der Waals surface area (Å²) in [4.78, 5) is 14.8. The lowest BCUT2D eigenvalue weighted by Gasteiger charge is -2.49. The summed E-state index contributed by atoms with van der Waals surface area (Å²) in [5, 5.41) is 10.6. The molecule has 3 fully saturated rings. The van der Waals surface area contributed by atoms with Gasteiger partial charge in [-0.3, -0.25) is 9.58 Å². The summed E-state index contributed by atoms with van der Waals surface area (Å²) in [5.74, 6) is 0.754. The minimum atomic E-state index is -0.237. The fourth-order valence-electron chi connectivity index (χ4n) is 5.18. The third-order valence-corrected chi connectivity index (χ3v) is 6.84. The first-order chi connectivity index (χ1) is 15.6. The highest BCUT2D eigenvalue weighted by Crippen LogP contribution is 2.42. The average Bonchev–Trinajstić information content (AvgIpc) is 3.20. The standard InChI is InChI=1S/C25H28FN5O/c1-30-24(14-23(29-30)17-7-9-19(26)10-8-17)22-16-31-12-11-18(22)13-21(31)15-27-25(32)28-20-5-3-2-4-6-20/h2-10,14,18,21-22H,11-13,15-16H2,1H3,(H2,27,28,32)/t18-,21+,22+/m0/s1. The van der Waals surface area contributed by atoms with E-state index in [0.717, 1.165) is 42.9 Å². The van der Waals surface area contributed by atoms with E-state index < -0.39 is 0 Å². The van der Waals surface area contributed by atoms with Gasteiger partial charge in [-0.1, -0.05) is 18.2 Å². The summed E-state index contributed by atoms with van der Waals surface area (Å²) in [6.45, 7) is 2.68. The van der Waals surface area contributed by atoms with E-state index in [1.165, 1.54) is 17.8 Å². The highest BCUT2D eigenvalue weighted by Gasteiger charge is 2.41. The van der Waals surface area contributed by atoms with E-state index in [-0.39, 0.29) is 11.8 Å². The monoisotopic (exact) mass is 433 g/mol. The van der Waals surface area contributed by atoms with Crippen molar-refractivity contribution in [1.29, 1.82) is 0 Å². The fourth-order valence-corrected chi connectivity index (χ4v) is 5.18. The molecular formula is C25H28FN5O. The van der Waals surface area contributed by atoms with E-state index >= 15 is 0 Å². The Labute approximate surface area is 187 Å². The van der Waals surface area contributed by atoms with E-state index in [2.05, 4.69) is 21.6 Å². The lowest BCUT2D eigenvalue weighted by molar-refractivity contribution is 0.0296. The number of fused-ring (bicyclic) bond motifs is 3. The Bertz CT molecular complexity index is 1080. The number of nitrogens with one attached hydrogen (secondary N) is 2. The predicted octanol–water partition coefficient (Wildman–Crippen LogP) is 4.23. The van der Waals surface area contributed by atoms with Crippen molar-refractivity contribution in [2.45, 2.75) is 24.8 Å². The van der Waals surface area contributed by atoms with Crippen LogP contribution in [0.15, 0.2) is 60.7 Å². The van der Waals surface area contributed by atoms with Gasteiger partial charge in [-0.05, 0) is 67.8 Å². The molecule has 6 nitrogen and oxygen atoms in total. The van der Waals surface area contributed by atoms with Gasteiger partial charge in [0.15, 0.2) is 0 Å². The van der Waals surface area contributed by atoms with Crippen LogP contribution in [0.4, 0.5) is 14.9 Å². The van der Waals surface area contributed by atoms with Gasteiger partial charge >= 0.3 is 6.03 Å². The number of aromatic nitrogens is 2. The van der Waals surface area contributed by atoms with Gasteiger partial charge in [0.05, 0.1) is 5.69 Å². The van der Waals surface area contributed by atoms with Gasteiger partial charge in [0.1, 0.15) is 5.82 Å². The minimum Gasteiger partial charge on any atom is -0.336 e. The Morgan fingerprint density at radius 2 is 1.94 bits per heavy atom. The number of anilines is 1. The zero-order chi connectivity index (χ0) is 22.1. The SMILES string of the molecule is Cn1nc(-c2ccc(F)cc2)cc1[C@@H]1CN2CC[C@H]1C[C@@H]2CNC(=O)Nc1ccccc1. The molecule has 1 unspecified atom stereocenters. The summed E-state index contributed by atoms with van der Waals surface area (Å²) >= 11 is 0. The number of carbonyl (C=O) groups is 1. The van der Waals surface area contributed by atoms with Gasteiger partial charge in [-0.15, -0.1) is 0 Å². The van der Waals surface area contributed by atoms with Gasteiger partial charge in [-0.2, -0.15) is 5.10 Å². The lowest BCUT2D eigenvalue weighted by Crippen LogP contribution is -2.56. The summed E-state index contributed by atoms with van der Waals surface area (Å²) in [6.07, 6.45) is 2.22. The second kappa shape index (κ2) is 8.74. The number of hydrogen-bond donors (Lipinski definition) is 2. The second-order valence-corrected chi connectivity index (χ2v) is 8.83. The van der Waals surface area contributed by atoms with Crippen LogP contribution in [0.25, 0.3) is 11.3 Å². The van der Waals surface area contributed by atoms with E-state index in [1.807, 2.05) is 42.1 Å². The smallest absolute Gasteiger partial charge is 0.319 e. The third-order valence-electron chi connectivity index (χ3n) is 6.84. The number of hydrogen-bond acceptors (Lipinski definition) is 3. The van der Waals surface area contributed by atoms with Crippen molar-refractivity contribution in [3.63, 3.8) is 0 Å². The van der Waals surface area contributed by atoms with Crippen molar-refractivity contribution >= 4 is 11.7 Å². The molecule has 2 bridgehead atoms. The van der Waals surface area contributed by atoms with E-state index in [9.17, 15) is 9.18 Å². The largest absolute Gasteiger partial charge is 0.336 e.